The largest absolute Gasteiger partial charge is 0.481 e. The molecule has 0 saturated heterocycles. The number of nitrogens with zero attached hydrogens (tertiary/aromatic N) is 6. The lowest BCUT2D eigenvalue weighted by Crippen LogP contribution is -2.04. The Hall–Kier alpha value is -3.26. The van der Waals surface area contributed by atoms with E-state index in [0.29, 0.717) is 22.7 Å². The second-order valence-electron chi connectivity index (χ2n) is 5.60. The number of pyridine rings is 1. The minimum atomic E-state index is 0.510. The number of hydrogen-bond acceptors (Lipinski definition) is 7. The van der Waals surface area contributed by atoms with E-state index in [2.05, 4.69) is 41.8 Å². The molecule has 4 rings (SSSR count). The lowest BCUT2D eigenvalue weighted by Gasteiger charge is -2.10. The van der Waals surface area contributed by atoms with Crippen LogP contribution in [0.1, 0.15) is 5.56 Å². The van der Waals surface area contributed by atoms with Crippen LogP contribution in [0.25, 0.3) is 11.4 Å². The molecule has 1 aromatic carbocycles. The second-order valence-corrected chi connectivity index (χ2v) is 6.53. The molecule has 134 valence electrons. The Morgan fingerprint density at radius 3 is 2.56 bits per heavy atom. The van der Waals surface area contributed by atoms with Crippen LogP contribution in [0.15, 0.2) is 77.4 Å². The fourth-order valence-corrected chi connectivity index (χ4v) is 3.31. The van der Waals surface area contributed by atoms with Crippen molar-refractivity contribution in [3.05, 3.63) is 72.7 Å². The van der Waals surface area contributed by atoms with Gasteiger partial charge in [-0.05, 0) is 29.5 Å². The van der Waals surface area contributed by atoms with Gasteiger partial charge < -0.3 is 4.74 Å². The number of methoxy groups -OCH3 is 1. The van der Waals surface area contributed by atoms with Crippen molar-refractivity contribution in [2.75, 3.05) is 7.11 Å². The van der Waals surface area contributed by atoms with Gasteiger partial charge in [0.1, 0.15) is 0 Å². The summed E-state index contributed by atoms with van der Waals surface area (Å²) >= 11 is 1.35. The predicted molar refractivity (Wildman–Crippen MR) is 102 cm³/mol. The van der Waals surface area contributed by atoms with Gasteiger partial charge in [0.25, 0.3) is 0 Å². The Labute approximate surface area is 160 Å². The number of aromatic nitrogens is 6. The van der Waals surface area contributed by atoms with Crippen molar-refractivity contribution in [3.63, 3.8) is 0 Å². The van der Waals surface area contributed by atoms with Crippen molar-refractivity contribution in [3.8, 4) is 17.3 Å². The lowest BCUT2D eigenvalue weighted by molar-refractivity contribution is 0.392. The third-order valence-corrected chi connectivity index (χ3v) is 4.70. The van der Waals surface area contributed by atoms with E-state index in [-0.39, 0.29) is 0 Å². The summed E-state index contributed by atoms with van der Waals surface area (Å²) in [5.41, 5.74) is 2.10. The lowest BCUT2D eigenvalue weighted by atomic mass is 10.2. The fourth-order valence-electron chi connectivity index (χ4n) is 2.56. The van der Waals surface area contributed by atoms with Crippen LogP contribution in [0.3, 0.4) is 0 Å². The van der Waals surface area contributed by atoms with Crippen molar-refractivity contribution in [2.45, 2.75) is 16.9 Å². The van der Waals surface area contributed by atoms with Gasteiger partial charge in [-0.1, -0.05) is 30.3 Å². The topological polar surface area (TPSA) is 78.6 Å². The molecule has 0 bridgehead atoms. The first-order valence-electron chi connectivity index (χ1n) is 8.26. The molecule has 3 aromatic heterocycles. The smallest absolute Gasteiger partial charge is 0.217 e. The molecule has 3 heterocycles. The highest BCUT2D eigenvalue weighted by molar-refractivity contribution is 7.99. The molecular weight excluding hydrogens is 360 g/mol. The average Bonchev–Trinajstić information content (AvgIpc) is 3.11. The third-order valence-electron chi connectivity index (χ3n) is 3.84. The van der Waals surface area contributed by atoms with Crippen LogP contribution in [0.2, 0.25) is 0 Å². The van der Waals surface area contributed by atoms with Crippen molar-refractivity contribution in [1.29, 1.82) is 0 Å². The molecule has 0 aliphatic rings. The van der Waals surface area contributed by atoms with E-state index in [0.717, 1.165) is 17.0 Å². The van der Waals surface area contributed by atoms with E-state index in [1.165, 1.54) is 11.8 Å². The number of hydrogen-bond donors (Lipinski definition) is 0. The molecule has 0 aliphatic heterocycles. The van der Waals surface area contributed by atoms with Gasteiger partial charge in [-0.3, -0.25) is 9.55 Å². The van der Waals surface area contributed by atoms with E-state index in [1.54, 1.807) is 31.8 Å². The molecule has 4 aromatic rings. The summed E-state index contributed by atoms with van der Waals surface area (Å²) in [6.45, 7) is 0.637. The van der Waals surface area contributed by atoms with Crippen molar-refractivity contribution in [1.82, 2.24) is 29.7 Å². The summed E-state index contributed by atoms with van der Waals surface area (Å²) in [4.78, 5) is 12.7. The Morgan fingerprint density at radius 2 is 1.78 bits per heavy atom. The maximum absolute atomic E-state index is 5.18. The van der Waals surface area contributed by atoms with Gasteiger partial charge >= 0.3 is 0 Å². The van der Waals surface area contributed by atoms with Gasteiger partial charge in [0, 0.05) is 30.2 Å². The summed E-state index contributed by atoms with van der Waals surface area (Å²) in [6, 6.07) is 15.7. The summed E-state index contributed by atoms with van der Waals surface area (Å²) in [7, 11) is 1.58. The van der Waals surface area contributed by atoms with E-state index >= 15 is 0 Å². The molecular formula is C19H16N6OS. The Bertz CT molecular complexity index is 1020. The number of rotatable bonds is 6. The van der Waals surface area contributed by atoms with Crippen molar-refractivity contribution in [2.24, 2.45) is 0 Å². The summed E-state index contributed by atoms with van der Waals surface area (Å²) in [5, 5.41) is 10.0. The highest BCUT2D eigenvalue weighted by Crippen LogP contribution is 2.28. The normalized spacial score (nSPS) is 10.7. The molecule has 27 heavy (non-hydrogen) atoms. The van der Waals surface area contributed by atoms with Crippen LogP contribution < -0.4 is 4.74 Å². The Kier molecular flexibility index (Phi) is 5.06. The van der Waals surface area contributed by atoms with E-state index in [1.807, 2.05) is 30.3 Å². The maximum Gasteiger partial charge on any atom is 0.217 e. The van der Waals surface area contributed by atoms with Gasteiger partial charge in [0.15, 0.2) is 16.1 Å². The summed E-state index contributed by atoms with van der Waals surface area (Å²) in [5.74, 6) is 1.28. The second kappa shape index (κ2) is 7.96. The fraction of sp³-hybridized carbons (Fsp3) is 0.105. The molecule has 0 atom stereocenters. The Morgan fingerprint density at radius 1 is 0.963 bits per heavy atom. The van der Waals surface area contributed by atoms with Gasteiger partial charge in [0.2, 0.25) is 5.88 Å². The minimum Gasteiger partial charge on any atom is -0.481 e. The van der Waals surface area contributed by atoms with Gasteiger partial charge in [-0.15, -0.1) is 10.2 Å². The third kappa shape index (κ3) is 3.95. The monoisotopic (exact) mass is 376 g/mol. The van der Waals surface area contributed by atoms with E-state index < -0.39 is 0 Å². The molecule has 0 unspecified atom stereocenters. The van der Waals surface area contributed by atoms with Crippen LogP contribution in [-0.2, 0) is 6.54 Å². The zero-order valence-electron chi connectivity index (χ0n) is 14.6. The highest BCUT2D eigenvalue weighted by atomic mass is 32.2. The SMILES string of the molecule is COc1ccnc(Sc2nnc(-c3ccncc3)n2Cc2ccccc2)n1. The highest BCUT2D eigenvalue weighted by Gasteiger charge is 2.17. The Balaban J connectivity index is 1.73. The minimum absolute atomic E-state index is 0.510. The first-order valence-corrected chi connectivity index (χ1v) is 9.07. The molecule has 0 N–H and O–H groups in total. The first kappa shape index (κ1) is 17.2. The first-order chi connectivity index (χ1) is 13.3. The van der Waals surface area contributed by atoms with Crippen LogP contribution in [-0.4, -0.2) is 36.8 Å². The molecule has 0 saturated carbocycles. The molecule has 0 spiro atoms. The molecule has 0 radical (unpaired) electrons. The quantitative estimate of drug-likeness (QED) is 0.478. The summed E-state index contributed by atoms with van der Waals surface area (Å²) in [6.07, 6.45) is 5.15. The van der Waals surface area contributed by atoms with Crippen molar-refractivity contribution < 1.29 is 4.74 Å². The van der Waals surface area contributed by atoms with Crippen LogP contribution >= 0.6 is 11.8 Å². The molecule has 0 fully saturated rings. The standard InChI is InChI=1S/C19H16N6OS/c1-26-16-9-12-21-18(22-16)27-19-24-23-17(15-7-10-20-11-8-15)25(19)13-14-5-3-2-4-6-14/h2-12H,13H2,1H3. The molecule has 0 amide bonds. The van der Waals surface area contributed by atoms with Crippen LogP contribution in [0.4, 0.5) is 0 Å². The van der Waals surface area contributed by atoms with Gasteiger partial charge in [-0.2, -0.15) is 4.98 Å². The zero-order valence-corrected chi connectivity index (χ0v) is 15.4. The van der Waals surface area contributed by atoms with E-state index in [4.69, 9.17) is 4.74 Å². The predicted octanol–water partition coefficient (Wildman–Crippen LogP) is 3.34. The van der Waals surface area contributed by atoms with E-state index in [9.17, 15) is 0 Å². The molecule has 7 nitrogen and oxygen atoms in total. The molecule has 0 aliphatic carbocycles. The van der Waals surface area contributed by atoms with Crippen molar-refractivity contribution >= 4 is 11.8 Å². The number of benzene rings is 1. The number of ether oxygens (including phenoxy) is 1. The van der Waals surface area contributed by atoms with Gasteiger partial charge in [-0.25, -0.2) is 4.98 Å². The maximum atomic E-state index is 5.18. The van der Waals surface area contributed by atoms with Gasteiger partial charge in [0.05, 0.1) is 13.7 Å². The summed E-state index contributed by atoms with van der Waals surface area (Å²) < 4.78 is 7.23. The van der Waals surface area contributed by atoms with Crippen LogP contribution in [0.5, 0.6) is 5.88 Å². The zero-order chi connectivity index (χ0) is 18.5. The van der Waals surface area contributed by atoms with Crippen LogP contribution in [0, 0.1) is 0 Å². The average molecular weight is 376 g/mol. The molecule has 8 heteroatoms.